The molecule has 0 bridgehead atoms. The first kappa shape index (κ1) is 15.5. The summed E-state index contributed by atoms with van der Waals surface area (Å²) in [6, 6.07) is 14.6. The number of fused-ring (bicyclic) bond motifs is 1. The van der Waals surface area contributed by atoms with E-state index in [1.54, 1.807) is 29.0 Å². The Labute approximate surface area is 141 Å². The molecule has 0 spiro atoms. The van der Waals surface area contributed by atoms with Crippen LogP contribution in [-0.4, -0.2) is 17.6 Å². The maximum Gasteiger partial charge on any atom is 0.337 e. The summed E-state index contributed by atoms with van der Waals surface area (Å²) < 4.78 is 7.29. The Morgan fingerprint density at radius 2 is 2.00 bits per heavy atom. The quantitative estimate of drug-likeness (QED) is 0.660. The number of hydrogen-bond donors (Lipinski definition) is 0. The first-order chi connectivity index (χ1) is 11.1. The molecule has 5 heteroatoms. The fourth-order valence-electron chi connectivity index (χ4n) is 2.49. The molecular formula is C18H14BrNO3. The van der Waals surface area contributed by atoms with Gasteiger partial charge in [-0.25, -0.2) is 4.79 Å². The Balaban J connectivity index is 1.99. The minimum absolute atomic E-state index is 0.0570. The lowest BCUT2D eigenvalue weighted by atomic mass is 10.1. The van der Waals surface area contributed by atoms with Crippen molar-refractivity contribution >= 4 is 32.7 Å². The molecule has 0 radical (unpaired) electrons. The maximum atomic E-state index is 12.6. The third-order valence-corrected chi connectivity index (χ3v) is 4.13. The van der Waals surface area contributed by atoms with E-state index in [-0.39, 0.29) is 11.5 Å². The number of ether oxygens (including phenoxy) is 1. The fraction of sp³-hybridized carbons (Fsp3) is 0.111. The van der Waals surface area contributed by atoms with Gasteiger partial charge in [0.05, 0.1) is 19.2 Å². The number of halogens is 1. The van der Waals surface area contributed by atoms with Gasteiger partial charge in [0.15, 0.2) is 0 Å². The van der Waals surface area contributed by atoms with E-state index < -0.39 is 0 Å². The molecule has 0 N–H and O–H groups in total. The summed E-state index contributed by atoms with van der Waals surface area (Å²) in [5.41, 5.74) is 1.28. The maximum absolute atomic E-state index is 12.6. The number of esters is 1. The Bertz CT molecular complexity index is 946. The van der Waals surface area contributed by atoms with Crippen LogP contribution in [0.15, 0.2) is 64.0 Å². The molecule has 3 aromatic rings. The largest absolute Gasteiger partial charge is 0.465 e. The van der Waals surface area contributed by atoms with Gasteiger partial charge in [-0.3, -0.25) is 4.79 Å². The zero-order valence-electron chi connectivity index (χ0n) is 12.5. The molecule has 0 saturated carbocycles. The lowest BCUT2D eigenvalue weighted by Gasteiger charge is -2.09. The molecule has 0 amide bonds. The minimum Gasteiger partial charge on any atom is -0.465 e. The van der Waals surface area contributed by atoms with Crippen LogP contribution in [-0.2, 0) is 11.3 Å². The zero-order valence-corrected chi connectivity index (χ0v) is 14.0. The number of aromatic nitrogens is 1. The molecule has 0 aliphatic heterocycles. The van der Waals surface area contributed by atoms with Crippen molar-refractivity contribution in [2.24, 2.45) is 0 Å². The summed E-state index contributed by atoms with van der Waals surface area (Å²) in [4.78, 5) is 24.2. The van der Waals surface area contributed by atoms with Crippen LogP contribution >= 0.6 is 15.9 Å². The van der Waals surface area contributed by atoms with Crippen LogP contribution in [0.1, 0.15) is 15.9 Å². The summed E-state index contributed by atoms with van der Waals surface area (Å²) in [5, 5.41) is 1.56. The van der Waals surface area contributed by atoms with E-state index in [0.29, 0.717) is 17.5 Å². The number of pyridine rings is 1. The average Bonchev–Trinajstić information content (AvgIpc) is 2.57. The average molecular weight is 372 g/mol. The highest BCUT2D eigenvalue weighted by Crippen LogP contribution is 2.17. The van der Waals surface area contributed by atoms with E-state index in [2.05, 4.69) is 15.9 Å². The van der Waals surface area contributed by atoms with Gasteiger partial charge in [0.1, 0.15) is 0 Å². The number of nitrogens with zero attached hydrogens (tertiary/aromatic N) is 1. The topological polar surface area (TPSA) is 48.3 Å². The zero-order chi connectivity index (χ0) is 16.4. The van der Waals surface area contributed by atoms with Crippen molar-refractivity contribution in [1.29, 1.82) is 0 Å². The van der Waals surface area contributed by atoms with Gasteiger partial charge in [0.25, 0.3) is 5.56 Å². The van der Waals surface area contributed by atoms with E-state index in [1.807, 2.05) is 30.3 Å². The summed E-state index contributed by atoms with van der Waals surface area (Å²) in [6.45, 7) is 0.398. The highest BCUT2D eigenvalue weighted by atomic mass is 79.9. The summed E-state index contributed by atoms with van der Waals surface area (Å²) in [5.74, 6) is -0.387. The Morgan fingerprint density at radius 1 is 1.17 bits per heavy atom. The Kier molecular flexibility index (Phi) is 4.30. The van der Waals surface area contributed by atoms with Gasteiger partial charge in [0, 0.05) is 16.1 Å². The summed E-state index contributed by atoms with van der Waals surface area (Å²) >= 11 is 3.40. The smallest absolute Gasteiger partial charge is 0.337 e. The van der Waals surface area contributed by atoms with Gasteiger partial charge in [-0.2, -0.15) is 0 Å². The van der Waals surface area contributed by atoms with Crippen LogP contribution in [0.4, 0.5) is 0 Å². The highest BCUT2D eigenvalue weighted by molar-refractivity contribution is 9.10. The van der Waals surface area contributed by atoms with Crippen LogP contribution in [0, 0.1) is 0 Å². The summed E-state index contributed by atoms with van der Waals surface area (Å²) in [6.07, 6.45) is 1.77. The predicted octanol–water partition coefficient (Wildman–Crippen LogP) is 3.60. The van der Waals surface area contributed by atoms with Gasteiger partial charge in [-0.05, 0) is 47.3 Å². The molecule has 116 valence electrons. The van der Waals surface area contributed by atoms with Crippen molar-refractivity contribution in [1.82, 2.24) is 4.57 Å². The van der Waals surface area contributed by atoms with Crippen molar-refractivity contribution in [3.8, 4) is 0 Å². The van der Waals surface area contributed by atoms with E-state index in [0.717, 1.165) is 15.4 Å². The van der Waals surface area contributed by atoms with Crippen molar-refractivity contribution in [3.63, 3.8) is 0 Å². The number of rotatable bonds is 3. The molecule has 1 heterocycles. The van der Waals surface area contributed by atoms with Crippen LogP contribution in [0.3, 0.4) is 0 Å². The van der Waals surface area contributed by atoms with Crippen molar-refractivity contribution in [3.05, 3.63) is 80.7 Å². The molecule has 0 unspecified atom stereocenters. The number of carbonyl (C=O) groups is 1. The molecule has 0 fully saturated rings. The van der Waals surface area contributed by atoms with Gasteiger partial charge in [-0.1, -0.05) is 28.1 Å². The van der Waals surface area contributed by atoms with E-state index in [4.69, 9.17) is 4.74 Å². The molecule has 2 aromatic carbocycles. The molecule has 3 rings (SSSR count). The van der Waals surface area contributed by atoms with E-state index in [1.165, 1.54) is 7.11 Å². The van der Waals surface area contributed by atoms with Crippen LogP contribution in [0.25, 0.3) is 10.8 Å². The second kappa shape index (κ2) is 6.38. The first-order valence-electron chi connectivity index (χ1n) is 7.04. The fourth-order valence-corrected chi connectivity index (χ4v) is 2.87. The highest BCUT2D eigenvalue weighted by Gasteiger charge is 2.08. The number of methoxy groups -OCH3 is 1. The molecule has 0 aliphatic carbocycles. The van der Waals surface area contributed by atoms with Crippen LogP contribution in [0.5, 0.6) is 0 Å². The molecule has 4 nitrogen and oxygen atoms in total. The van der Waals surface area contributed by atoms with E-state index in [9.17, 15) is 9.59 Å². The molecule has 23 heavy (non-hydrogen) atoms. The molecule has 0 saturated heterocycles. The SMILES string of the molecule is COC(=O)c1cccc(Cn2ccc3cc(Br)ccc3c2=O)c1. The third-order valence-electron chi connectivity index (χ3n) is 3.64. The third kappa shape index (κ3) is 3.19. The Hall–Kier alpha value is -2.40. The van der Waals surface area contributed by atoms with Crippen molar-refractivity contribution in [2.75, 3.05) is 7.11 Å². The van der Waals surface area contributed by atoms with Crippen molar-refractivity contribution < 1.29 is 9.53 Å². The standard InChI is InChI=1S/C18H14BrNO3/c1-23-18(22)14-4-2-3-12(9-14)11-20-8-7-13-10-15(19)5-6-16(13)17(20)21/h2-10H,11H2,1H3. The number of hydrogen-bond acceptors (Lipinski definition) is 3. The molecule has 0 atom stereocenters. The van der Waals surface area contributed by atoms with E-state index >= 15 is 0 Å². The second-order valence-electron chi connectivity index (χ2n) is 5.17. The molecule has 0 aliphatic rings. The minimum atomic E-state index is -0.387. The number of carbonyl (C=O) groups excluding carboxylic acids is 1. The van der Waals surface area contributed by atoms with Crippen LogP contribution in [0.2, 0.25) is 0 Å². The first-order valence-corrected chi connectivity index (χ1v) is 7.84. The Morgan fingerprint density at radius 3 is 2.78 bits per heavy atom. The second-order valence-corrected chi connectivity index (χ2v) is 6.09. The lowest BCUT2D eigenvalue weighted by Crippen LogP contribution is -2.20. The number of benzene rings is 2. The predicted molar refractivity (Wildman–Crippen MR) is 92.8 cm³/mol. The molecule has 1 aromatic heterocycles. The van der Waals surface area contributed by atoms with Crippen LogP contribution < -0.4 is 5.56 Å². The molecular weight excluding hydrogens is 358 g/mol. The van der Waals surface area contributed by atoms with Gasteiger partial charge < -0.3 is 9.30 Å². The lowest BCUT2D eigenvalue weighted by molar-refractivity contribution is 0.0600. The normalized spacial score (nSPS) is 10.7. The van der Waals surface area contributed by atoms with Gasteiger partial charge in [-0.15, -0.1) is 0 Å². The summed E-state index contributed by atoms with van der Waals surface area (Å²) in [7, 11) is 1.35. The van der Waals surface area contributed by atoms with Gasteiger partial charge >= 0.3 is 5.97 Å². The monoisotopic (exact) mass is 371 g/mol. The van der Waals surface area contributed by atoms with Crippen molar-refractivity contribution in [2.45, 2.75) is 6.54 Å². The van der Waals surface area contributed by atoms with Gasteiger partial charge in [0.2, 0.25) is 0 Å².